The number of ether oxygens (including phenoxy) is 3. The van der Waals surface area contributed by atoms with Gasteiger partial charge in [-0.1, -0.05) is 6.07 Å². The van der Waals surface area contributed by atoms with Gasteiger partial charge in [0.1, 0.15) is 5.75 Å². The van der Waals surface area contributed by atoms with Gasteiger partial charge in [0.25, 0.3) is 5.69 Å². The van der Waals surface area contributed by atoms with Gasteiger partial charge in [-0.05, 0) is 81.9 Å². The van der Waals surface area contributed by atoms with Gasteiger partial charge in [-0.2, -0.15) is 0 Å². The average molecular weight is 648 g/mol. The van der Waals surface area contributed by atoms with Crippen LogP contribution in [0.4, 0.5) is 5.69 Å². The predicted molar refractivity (Wildman–Crippen MR) is 128 cm³/mol. The van der Waals surface area contributed by atoms with Crippen molar-refractivity contribution in [1.82, 2.24) is 0 Å². The van der Waals surface area contributed by atoms with Crippen molar-refractivity contribution in [3.05, 3.63) is 70.0 Å². The number of hydrogen-bond acceptors (Lipinski definition) is 8. The smallest absolute Gasteiger partial charge is 0.363 e. The zero-order chi connectivity index (χ0) is 22.7. The Hall–Kier alpha value is -2.55. The van der Waals surface area contributed by atoms with Crippen molar-refractivity contribution < 1.29 is 28.7 Å². The summed E-state index contributed by atoms with van der Waals surface area (Å²) >= 11 is 4.12. The van der Waals surface area contributed by atoms with E-state index in [4.69, 9.17) is 9.47 Å². The molecule has 1 heterocycles. The van der Waals surface area contributed by atoms with E-state index in [1.54, 1.807) is 37.3 Å². The van der Waals surface area contributed by atoms with Gasteiger partial charge < -0.3 is 14.2 Å². The third-order valence-electron chi connectivity index (χ3n) is 4.16. The lowest BCUT2D eigenvalue weighted by Crippen LogP contribution is -2.13. The molecule has 9 nitrogen and oxygen atoms in total. The Bertz CT molecular complexity index is 1140. The molecule has 0 N–H and O–H groups in total. The topological polar surface area (TPSA) is 117 Å². The fraction of sp³-hybridized carbons (Fsp3) is 0.150. The number of aryl methyl sites for hydroxylation is 1. The third-order valence-corrected chi connectivity index (χ3v) is 5.76. The van der Waals surface area contributed by atoms with Crippen LogP contribution in [0.2, 0.25) is 0 Å². The van der Waals surface area contributed by atoms with Crippen molar-refractivity contribution in [3.8, 4) is 5.75 Å². The predicted octanol–water partition coefficient (Wildman–Crippen LogP) is 4.01. The second-order valence-corrected chi connectivity index (χ2v) is 8.60. The Morgan fingerprint density at radius 1 is 1.26 bits per heavy atom. The zero-order valence-electron chi connectivity index (χ0n) is 16.2. The fourth-order valence-electron chi connectivity index (χ4n) is 2.62. The van der Waals surface area contributed by atoms with Crippen LogP contribution < -0.4 is 4.74 Å². The Labute approximate surface area is 203 Å². The number of aliphatic imine (C=N–C) groups is 1. The number of esters is 2. The van der Waals surface area contributed by atoms with E-state index in [9.17, 15) is 19.7 Å². The standard InChI is InChI=1S/C20H14I2N2O7/c1-10-3-4-12(8-16(10)24(27)28)19-23-15(20(26)31-19)7-11-5-13(21)18(14(22)6-11)30-9-17(25)29-2/h3-8H,9H2,1-2H3/b15-7-. The van der Waals surface area contributed by atoms with Crippen LogP contribution in [0.25, 0.3) is 6.08 Å². The monoisotopic (exact) mass is 648 g/mol. The Balaban J connectivity index is 1.89. The van der Waals surface area contributed by atoms with Gasteiger partial charge in [0, 0.05) is 17.2 Å². The first-order valence-electron chi connectivity index (χ1n) is 8.66. The van der Waals surface area contributed by atoms with E-state index in [1.807, 2.05) is 0 Å². The lowest BCUT2D eigenvalue weighted by molar-refractivity contribution is -0.385. The number of hydrogen-bond donors (Lipinski definition) is 0. The van der Waals surface area contributed by atoms with Gasteiger partial charge in [-0.25, -0.2) is 14.6 Å². The average Bonchev–Trinajstić information content (AvgIpc) is 3.07. The third kappa shape index (κ3) is 5.39. The van der Waals surface area contributed by atoms with Crippen molar-refractivity contribution >= 4 is 74.8 Å². The van der Waals surface area contributed by atoms with E-state index in [0.717, 1.165) is 7.14 Å². The van der Waals surface area contributed by atoms with Crippen molar-refractivity contribution in [2.24, 2.45) is 4.99 Å². The number of carbonyl (C=O) groups excluding carboxylic acids is 2. The summed E-state index contributed by atoms with van der Waals surface area (Å²) in [5, 5.41) is 11.2. The minimum atomic E-state index is -0.658. The molecule has 2 aromatic carbocycles. The molecule has 0 amide bonds. The quantitative estimate of drug-likeness (QED) is 0.153. The molecule has 0 saturated heterocycles. The molecule has 1 aliphatic rings. The van der Waals surface area contributed by atoms with Gasteiger partial charge in [-0.3, -0.25) is 10.1 Å². The number of halogens is 2. The van der Waals surface area contributed by atoms with Crippen molar-refractivity contribution in [2.45, 2.75) is 6.92 Å². The summed E-state index contributed by atoms with van der Waals surface area (Å²) in [5.41, 5.74) is 1.48. The first-order chi connectivity index (χ1) is 14.7. The fourth-order valence-corrected chi connectivity index (χ4v) is 4.75. The van der Waals surface area contributed by atoms with Crippen molar-refractivity contribution in [1.29, 1.82) is 0 Å². The van der Waals surface area contributed by atoms with E-state index in [2.05, 4.69) is 54.9 Å². The van der Waals surface area contributed by atoms with Crippen LogP contribution in [0.5, 0.6) is 5.75 Å². The molecule has 160 valence electrons. The van der Waals surface area contributed by atoms with Gasteiger partial charge >= 0.3 is 11.9 Å². The number of rotatable bonds is 6. The molecule has 0 aliphatic carbocycles. The van der Waals surface area contributed by atoms with Gasteiger partial charge in [0.05, 0.1) is 19.2 Å². The Kier molecular flexibility index (Phi) is 7.25. The van der Waals surface area contributed by atoms with Crippen molar-refractivity contribution in [3.63, 3.8) is 0 Å². The molecule has 0 radical (unpaired) electrons. The number of cyclic esters (lactones) is 1. The molecule has 0 saturated carbocycles. The number of nitrogens with zero attached hydrogens (tertiary/aromatic N) is 2. The second-order valence-electron chi connectivity index (χ2n) is 6.27. The molecule has 1 aliphatic heterocycles. The molecule has 2 aromatic rings. The van der Waals surface area contributed by atoms with E-state index in [1.165, 1.54) is 13.2 Å². The van der Waals surface area contributed by atoms with Gasteiger partial charge in [0.2, 0.25) is 5.90 Å². The van der Waals surface area contributed by atoms with Crippen LogP contribution in [-0.2, 0) is 19.1 Å². The normalized spacial score (nSPS) is 14.3. The molecule has 0 spiro atoms. The Morgan fingerprint density at radius 3 is 2.55 bits per heavy atom. The van der Waals surface area contributed by atoms with Crippen LogP contribution in [0.3, 0.4) is 0 Å². The molecule has 31 heavy (non-hydrogen) atoms. The van der Waals surface area contributed by atoms with Gasteiger partial charge in [0.15, 0.2) is 12.3 Å². The van der Waals surface area contributed by atoms with Crippen LogP contribution in [0, 0.1) is 24.2 Å². The van der Waals surface area contributed by atoms with E-state index >= 15 is 0 Å². The number of nitro benzene ring substituents is 1. The number of nitro groups is 1. The summed E-state index contributed by atoms with van der Waals surface area (Å²) in [6, 6.07) is 8.03. The summed E-state index contributed by atoms with van der Waals surface area (Å²) < 4.78 is 16.7. The number of methoxy groups -OCH3 is 1. The number of benzene rings is 2. The van der Waals surface area contributed by atoms with Gasteiger partial charge in [-0.15, -0.1) is 0 Å². The number of carbonyl (C=O) groups is 2. The highest BCUT2D eigenvalue weighted by Gasteiger charge is 2.26. The maximum absolute atomic E-state index is 12.3. The summed E-state index contributed by atoms with van der Waals surface area (Å²) in [6.45, 7) is 1.41. The summed E-state index contributed by atoms with van der Waals surface area (Å²) in [5.74, 6) is -0.625. The second kappa shape index (κ2) is 9.72. The molecule has 0 fully saturated rings. The largest absolute Gasteiger partial charge is 0.480 e. The minimum Gasteiger partial charge on any atom is -0.480 e. The summed E-state index contributed by atoms with van der Waals surface area (Å²) in [7, 11) is 1.28. The van der Waals surface area contributed by atoms with Crippen molar-refractivity contribution in [2.75, 3.05) is 13.7 Å². The van der Waals surface area contributed by atoms with Crippen LogP contribution in [0.1, 0.15) is 16.7 Å². The van der Waals surface area contributed by atoms with Crippen LogP contribution in [0.15, 0.2) is 41.0 Å². The van der Waals surface area contributed by atoms with E-state index in [0.29, 0.717) is 22.4 Å². The first-order valence-corrected chi connectivity index (χ1v) is 10.8. The molecule has 11 heteroatoms. The summed E-state index contributed by atoms with van der Waals surface area (Å²) in [6.07, 6.45) is 1.55. The highest BCUT2D eigenvalue weighted by Crippen LogP contribution is 2.31. The molecule has 3 rings (SSSR count). The van der Waals surface area contributed by atoms with E-state index in [-0.39, 0.29) is 23.9 Å². The van der Waals surface area contributed by atoms with Crippen LogP contribution in [-0.4, -0.2) is 36.5 Å². The maximum Gasteiger partial charge on any atom is 0.363 e. The zero-order valence-corrected chi connectivity index (χ0v) is 20.5. The Morgan fingerprint density at radius 2 is 1.94 bits per heavy atom. The molecular formula is C20H14I2N2O7. The molecule has 0 aromatic heterocycles. The molecule has 0 atom stereocenters. The SMILES string of the molecule is COC(=O)COc1c(I)cc(/C=C2\N=C(c3ccc(C)c([N+](=O)[O-])c3)OC2=O)cc1I. The van der Waals surface area contributed by atoms with Crippen LogP contribution >= 0.6 is 45.2 Å². The molecule has 0 bridgehead atoms. The molecule has 0 unspecified atom stereocenters. The minimum absolute atomic E-state index is 0.00164. The maximum atomic E-state index is 12.3. The highest BCUT2D eigenvalue weighted by atomic mass is 127. The van der Waals surface area contributed by atoms with E-state index < -0.39 is 16.9 Å². The first kappa shape index (κ1) is 23.1. The summed E-state index contributed by atoms with van der Waals surface area (Å²) in [4.78, 5) is 38.4. The highest BCUT2D eigenvalue weighted by molar-refractivity contribution is 14.1. The molecular weight excluding hydrogens is 634 g/mol. The lowest BCUT2D eigenvalue weighted by Gasteiger charge is -2.10. The lowest BCUT2D eigenvalue weighted by atomic mass is 10.1.